The van der Waals surface area contributed by atoms with Crippen molar-refractivity contribution in [3.8, 4) is 17.2 Å². The molecular formula is C50H61ClN2O8S. The molecule has 332 valence electrons. The van der Waals surface area contributed by atoms with Gasteiger partial charge in [-0.05, 0) is 154 Å². The van der Waals surface area contributed by atoms with E-state index in [2.05, 4.69) is 17.0 Å². The van der Waals surface area contributed by atoms with Crippen LogP contribution in [-0.2, 0) is 39.7 Å². The van der Waals surface area contributed by atoms with Crippen molar-refractivity contribution < 1.29 is 37.3 Å². The minimum Gasteiger partial charge on any atom is -0.497 e. The first-order chi connectivity index (χ1) is 29.6. The minimum absolute atomic E-state index is 0.0232. The number of nitrogens with zero attached hydrogens (tertiary/aromatic N) is 2. The number of benzene rings is 4. The molecule has 0 amide bonds. The monoisotopic (exact) mass is 884 g/mol. The second kappa shape index (κ2) is 19.5. The number of esters is 1. The summed E-state index contributed by atoms with van der Waals surface area (Å²) in [6.07, 6.45) is 8.83. The van der Waals surface area contributed by atoms with Gasteiger partial charge in [0.25, 0.3) is 0 Å². The normalized spacial score (nSPS) is 20.5. The summed E-state index contributed by atoms with van der Waals surface area (Å²) in [6.45, 7) is 7.94. The third-order valence-electron chi connectivity index (χ3n) is 12.6. The Bertz CT molecular complexity index is 2260. The lowest BCUT2D eigenvalue weighted by atomic mass is 9.68. The van der Waals surface area contributed by atoms with Gasteiger partial charge in [-0.2, -0.15) is 4.31 Å². The highest BCUT2D eigenvalue weighted by molar-refractivity contribution is 7.89. The number of carbonyl (C=O) groups excluding carboxylic acids is 1. The fraction of sp³-hybridized carbons (Fsp3) is 0.460. The van der Waals surface area contributed by atoms with Gasteiger partial charge in [-0.3, -0.25) is 0 Å². The number of fused-ring (bicyclic) bond motifs is 3. The minimum atomic E-state index is -3.64. The summed E-state index contributed by atoms with van der Waals surface area (Å²) in [7, 11) is -0.433. The molecule has 4 aromatic carbocycles. The van der Waals surface area contributed by atoms with Gasteiger partial charge in [0.15, 0.2) is 0 Å². The van der Waals surface area contributed by atoms with E-state index < -0.39 is 21.7 Å². The summed E-state index contributed by atoms with van der Waals surface area (Å²) < 4.78 is 52.3. The number of rotatable bonds is 16. The zero-order valence-corrected chi connectivity index (χ0v) is 38.2. The Kier molecular flexibility index (Phi) is 14.3. The van der Waals surface area contributed by atoms with Crippen LogP contribution in [0.5, 0.6) is 17.2 Å². The van der Waals surface area contributed by atoms with Gasteiger partial charge in [0.1, 0.15) is 22.8 Å². The molecule has 1 fully saturated rings. The molecule has 1 saturated carbocycles. The molecule has 2 aliphatic carbocycles. The Morgan fingerprint density at radius 2 is 1.65 bits per heavy atom. The zero-order chi connectivity index (χ0) is 44.1. The van der Waals surface area contributed by atoms with Crippen LogP contribution in [0.25, 0.3) is 0 Å². The average Bonchev–Trinajstić information content (AvgIpc) is 3.38. The number of ether oxygens (including phenoxy) is 4. The summed E-state index contributed by atoms with van der Waals surface area (Å²) in [6, 6.07) is 26.7. The van der Waals surface area contributed by atoms with Gasteiger partial charge in [0.05, 0.1) is 43.9 Å². The highest BCUT2D eigenvalue weighted by Crippen LogP contribution is 2.47. The molecule has 12 heteroatoms. The molecule has 0 saturated heterocycles. The van der Waals surface area contributed by atoms with Crippen molar-refractivity contribution in [3.05, 3.63) is 130 Å². The Morgan fingerprint density at radius 3 is 2.26 bits per heavy atom. The number of halogens is 1. The van der Waals surface area contributed by atoms with Crippen molar-refractivity contribution in [2.24, 2.45) is 11.8 Å². The number of carbonyl (C=O) groups is 1. The highest BCUT2D eigenvalue weighted by atomic mass is 35.5. The molecule has 1 N–H and O–H groups in total. The van der Waals surface area contributed by atoms with Gasteiger partial charge >= 0.3 is 5.97 Å². The SMILES string of the molecule is COc1ccc(CN(Cc2ccc(OC)cc2)S(=O)(=O)CCC/C=C/C(O)[C@@H]2CC[C@H]2CN2C[C@@]3(CCCc4cc(Cl)ccc43)COc3ccc(C(=O)OC(C)(C)C)cc32)cc1. The van der Waals surface area contributed by atoms with Gasteiger partial charge in [-0.1, -0.05) is 54.1 Å². The molecule has 0 aromatic heterocycles. The largest absolute Gasteiger partial charge is 0.497 e. The summed E-state index contributed by atoms with van der Waals surface area (Å²) in [5.74, 6) is 1.98. The number of allylic oxidation sites excluding steroid dienone is 1. The molecule has 1 unspecified atom stereocenters. The number of hydrogen-bond donors (Lipinski definition) is 1. The van der Waals surface area contributed by atoms with E-state index in [-0.39, 0.29) is 42.1 Å². The number of sulfonamides is 1. The summed E-state index contributed by atoms with van der Waals surface area (Å²) in [4.78, 5) is 15.7. The fourth-order valence-electron chi connectivity index (χ4n) is 9.15. The third-order valence-corrected chi connectivity index (χ3v) is 14.7. The van der Waals surface area contributed by atoms with Crippen LogP contribution in [0.3, 0.4) is 0 Å². The highest BCUT2D eigenvalue weighted by Gasteiger charge is 2.44. The van der Waals surface area contributed by atoms with Crippen LogP contribution in [0.2, 0.25) is 5.02 Å². The lowest BCUT2D eigenvalue weighted by Gasteiger charge is -2.45. The number of unbranched alkanes of at least 4 members (excludes halogenated alkanes) is 1. The fourth-order valence-corrected chi connectivity index (χ4v) is 10.8. The molecule has 0 radical (unpaired) electrons. The van der Waals surface area contributed by atoms with E-state index in [1.807, 2.05) is 99.7 Å². The van der Waals surface area contributed by atoms with Crippen molar-refractivity contribution in [2.75, 3.05) is 44.6 Å². The van der Waals surface area contributed by atoms with Crippen molar-refractivity contribution in [3.63, 3.8) is 0 Å². The van der Waals surface area contributed by atoms with Gasteiger partial charge in [0.2, 0.25) is 10.0 Å². The van der Waals surface area contributed by atoms with E-state index in [0.717, 1.165) is 59.7 Å². The van der Waals surface area contributed by atoms with Crippen LogP contribution in [0.4, 0.5) is 5.69 Å². The first-order valence-electron chi connectivity index (χ1n) is 21.8. The third kappa shape index (κ3) is 11.0. The maximum absolute atomic E-state index is 13.9. The molecular weight excluding hydrogens is 824 g/mol. The first-order valence-corrected chi connectivity index (χ1v) is 23.8. The van der Waals surface area contributed by atoms with Gasteiger partial charge in [-0.15, -0.1) is 0 Å². The van der Waals surface area contributed by atoms with Crippen molar-refractivity contribution in [2.45, 2.75) is 95.9 Å². The van der Waals surface area contributed by atoms with Crippen LogP contribution < -0.4 is 19.1 Å². The Hall–Kier alpha value is -4.55. The summed E-state index contributed by atoms with van der Waals surface area (Å²) in [5.41, 5.74) is 4.66. The molecule has 1 aliphatic heterocycles. The van der Waals surface area contributed by atoms with E-state index in [1.165, 1.54) is 15.4 Å². The van der Waals surface area contributed by atoms with E-state index >= 15 is 0 Å². The molecule has 3 aliphatic rings. The van der Waals surface area contributed by atoms with Crippen molar-refractivity contribution in [1.82, 2.24) is 4.31 Å². The predicted octanol–water partition coefficient (Wildman–Crippen LogP) is 9.54. The van der Waals surface area contributed by atoms with E-state index in [0.29, 0.717) is 49.6 Å². The van der Waals surface area contributed by atoms with Crippen LogP contribution >= 0.6 is 11.6 Å². The van der Waals surface area contributed by atoms with Crippen molar-refractivity contribution >= 4 is 33.3 Å². The molecule has 10 nitrogen and oxygen atoms in total. The smallest absolute Gasteiger partial charge is 0.338 e. The van der Waals surface area contributed by atoms with Crippen LogP contribution in [0, 0.1) is 11.8 Å². The predicted molar refractivity (Wildman–Crippen MR) is 245 cm³/mol. The lowest BCUT2D eigenvalue weighted by Crippen LogP contribution is -2.49. The van der Waals surface area contributed by atoms with Gasteiger partial charge in [0, 0.05) is 36.6 Å². The van der Waals surface area contributed by atoms with E-state index in [4.69, 9.17) is 30.5 Å². The maximum Gasteiger partial charge on any atom is 0.338 e. The lowest BCUT2D eigenvalue weighted by molar-refractivity contribution is 0.00694. The van der Waals surface area contributed by atoms with Gasteiger partial charge < -0.3 is 29.0 Å². The van der Waals surface area contributed by atoms with E-state index in [9.17, 15) is 18.3 Å². The number of aliphatic hydroxyl groups is 1. The Labute approximate surface area is 372 Å². The molecule has 4 aromatic rings. The van der Waals surface area contributed by atoms with E-state index in [1.54, 1.807) is 20.3 Å². The van der Waals surface area contributed by atoms with Crippen LogP contribution in [0.1, 0.15) is 91.9 Å². The first kappa shape index (κ1) is 45.5. The second-order valence-corrected chi connectivity index (χ2v) is 20.7. The standard InChI is InChI=1S/C50H61ClN2O8S/c1-49(2,3)61-48(55)38-17-25-47-45(29-38)52(33-50(34-60-47)26-9-10-37-28-40(51)18-24-44(37)50)32-39-16-23-43(39)46(54)11-7-6-8-27-62(56,57)53(30-35-12-19-41(58-4)20-13-35)31-36-14-21-42(59-5)22-15-36/h7,11-15,17-22,24-25,28-29,39,43,46,54H,6,8-10,16,23,26-27,30-34H2,1-5H3/b11-7+/t39-,43+,46?,50-/m0/s1. The molecule has 1 heterocycles. The average molecular weight is 886 g/mol. The van der Waals surface area contributed by atoms with Crippen LogP contribution in [0.15, 0.2) is 97.1 Å². The van der Waals surface area contributed by atoms with Crippen molar-refractivity contribution in [1.29, 1.82) is 0 Å². The Balaban J connectivity index is 1.03. The number of aryl methyl sites for hydroxylation is 1. The molecule has 0 bridgehead atoms. The number of anilines is 1. The second-order valence-electron chi connectivity index (χ2n) is 18.1. The molecule has 1 spiro atoms. The summed E-state index contributed by atoms with van der Waals surface area (Å²) in [5, 5.41) is 12.3. The molecule has 4 atom stereocenters. The molecule has 7 rings (SSSR count). The Morgan fingerprint density at radius 1 is 0.968 bits per heavy atom. The van der Waals surface area contributed by atoms with Crippen LogP contribution in [-0.4, -0.2) is 75.2 Å². The number of methoxy groups -OCH3 is 2. The quantitative estimate of drug-likeness (QED) is 0.0668. The number of aliphatic hydroxyl groups excluding tert-OH is 1. The number of hydrogen-bond acceptors (Lipinski definition) is 9. The maximum atomic E-state index is 13.9. The topological polar surface area (TPSA) is 115 Å². The summed E-state index contributed by atoms with van der Waals surface area (Å²) >= 11 is 6.48. The molecule has 62 heavy (non-hydrogen) atoms. The van der Waals surface area contributed by atoms with Gasteiger partial charge in [-0.25, -0.2) is 13.2 Å². The zero-order valence-electron chi connectivity index (χ0n) is 36.6.